The molecule has 0 unspecified atom stereocenters. The number of ether oxygens (including phenoxy) is 2. The Morgan fingerprint density at radius 1 is 1.33 bits per heavy atom. The van der Waals surface area contributed by atoms with Gasteiger partial charge in [-0.1, -0.05) is 18.2 Å². The number of nitrogens with one attached hydrogen (secondary N) is 2. The van der Waals surface area contributed by atoms with Gasteiger partial charge in [0.1, 0.15) is 0 Å². The second kappa shape index (κ2) is 6.82. The highest BCUT2D eigenvalue weighted by atomic mass is 16.7. The van der Waals surface area contributed by atoms with Crippen LogP contribution in [0.2, 0.25) is 0 Å². The summed E-state index contributed by atoms with van der Waals surface area (Å²) >= 11 is 0. The first-order chi connectivity index (χ1) is 10.2. The molecule has 8 nitrogen and oxygen atoms in total. The van der Waals surface area contributed by atoms with Gasteiger partial charge in [-0.05, 0) is 12.1 Å². The van der Waals surface area contributed by atoms with E-state index < -0.39 is 17.9 Å². The summed E-state index contributed by atoms with van der Waals surface area (Å²) in [5.74, 6) is -0.587. The van der Waals surface area contributed by atoms with E-state index in [1.165, 1.54) is 14.2 Å². The molecule has 0 bridgehead atoms. The second-order valence-corrected chi connectivity index (χ2v) is 4.14. The lowest BCUT2D eigenvalue weighted by Crippen LogP contribution is -2.34. The number of carbonyl (C=O) groups excluding carboxylic acids is 1. The number of hydrogen-bond donors (Lipinski definition) is 2. The molecule has 21 heavy (non-hydrogen) atoms. The SMILES string of the molecule is COC(CNC(=O)c1nn(-c2ccccc2)c(=O)[nH]1)OC. The molecule has 0 aliphatic carbocycles. The smallest absolute Gasteiger partial charge is 0.348 e. The summed E-state index contributed by atoms with van der Waals surface area (Å²) in [7, 11) is 2.93. The van der Waals surface area contributed by atoms with E-state index in [2.05, 4.69) is 15.4 Å². The summed E-state index contributed by atoms with van der Waals surface area (Å²) in [6.45, 7) is 0.145. The van der Waals surface area contributed by atoms with Crippen LogP contribution < -0.4 is 11.0 Å². The van der Waals surface area contributed by atoms with E-state index in [-0.39, 0.29) is 12.4 Å². The molecule has 0 saturated carbocycles. The molecule has 1 amide bonds. The standard InChI is InChI=1S/C13H16N4O4/c1-20-10(21-2)8-14-12(18)11-15-13(19)17(16-11)9-6-4-3-5-7-9/h3-7,10H,8H2,1-2H3,(H,14,18)(H,15,16,19). The molecule has 0 saturated heterocycles. The number of aromatic nitrogens is 3. The molecular formula is C13H16N4O4. The maximum absolute atomic E-state index is 11.9. The van der Waals surface area contributed by atoms with E-state index in [0.29, 0.717) is 5.69 Å². The molecule has 0 radical (unpaired) electrons. The van der Waals surface area contributed by atoms with Crippen molar-refractivity contribution < 1.29 is 14.3 Å². The number of aromatic amines is 1. The van der Waals surface area contributed by atoms with E-state index in [1.807, 2.05) is 6.07 Å². The second-order valence-electron chi connectivity index (χ2n) is 4.14. The molecule has 1 aromatic heterocycles. The molecule has 0 atom stereocenters. The fourth-order valence-corrected chi connectivity index (χ4v) is 1.69. The van der Waals surface area contributed by atoms with Crippen molar-refractivity contribution in [3.63, 3.8) is 0 Å². The largest absolute Gasteiger partial charge is 0.354 e. The molecule has 2 N–H and O–H groups in total. The maximum Gasteiger partial charge on any atom is 0.348 e. The molecule has 0 spiro atoms. The van der Waals surface area contributed by atoms with Gasteiger partial charge in [-0.3, -0.25) is 9.78 Å². The Bertz CT molecular complexity index is 646. The number of amides is 1. The lowest BCUT2D eigenvalue weighted by molar-refractivity contribution is -0.0974. The lowest BCUT2D eigenvalue weighted by Gasteiger charge is -2.12. The third kappa shape index (κ3) is 3.56. The first kappa shape index (κ1) is 14.9. The minimum atomic E-state index is -0.558. The molecule has 0 fully saturated rings. The zero-order valence-electron chi connectivity index (χ0n) is 11.7. The number of carbonyl (C=O) groups is 1. The van der Waals surface area contributed by atoms with E-state index >= 15 is 0 Å². The molecule has 2 aromatic rings. The van der Waals surface area contributed by atoms with Gasteiger partial charge in [-0.2, -0.15) is 4.68 Å². The third-order valence-corrected chi connectivity index (χ3v) is 2.79. The van der Waals surface area contributed by atoms with E-state index in [0.717, 1.165) is 4.68 Å². The summed E-state index contributed by atoms with van der Waals surface area (Å²) < 4.78 is 11.0. The van der Waals surface area contributed by atoms with Crippen molar-refractivity contribution in [1.29, 1.82) is 0 Å². The van der Waals surface area contributed by atoms with Crippen LogP contribution in [-0.2, 0) is 9.47 Å². The quantitative estimate of drug-likeness (QED) is 0.725. The van der Waals surface area contributed by atoms with Crippen molar-refractivity contribution in [2.24, 2.45) is 0 Å². The molecule has 0 aliphatic heterocycles. The van der Waals surface area contributed by atoms with Crippen molar-refractivity contribution in [2.75, 3.05) is 20.8 Å². The predicted octanol–water partition coefficient (Wildman–Crippen LogP) is -0.0907. The van der Waals surface area contributed by atoms with E-state index in [1.54, 1.807) is 24.3 Å². The van der Waals surface area contributed by atoms with Gasteiger partial charge in [0.05, 0.1) is 12.2 Å². The first-order valence-corrected chi connectivity index (χ1v) is 6.24. The highest BCUT2D eigenvalue weighted by Crippen LogP contribution is 2.02. The average molecular weight is 292 g/mol. The molecule has 2 rings (SSSR count). The highest BCUT2D eigenvalue weighted by molar-refractivity contribution is 5.90. The summed E-state index contributed by atoms with van der Waals surface area (Å²) in [5, 5.41) is 6.52. The maximum atomic E-state index is 11.9. The minimum absolute atomic E-state index is 0.0743. The Kier molecular flexibility index (Phi) is 4.85. The van der Waals surface area contributed by atoms with E-state index in [9.17, 15) is 9.59 Å². The van der Waals surface area contributed by atoms with Gasteiger partial charge in [-0.15, -0.1) is 5.10 Å². The van der Waals surface area contributed by atoms with Crippen LogP contribution in [0.5, 0.6) is 0 Å². The monoisotopic (exact) mass is 292 g/mol. The van der Waals surface area contributed by atoms with Crippen molar-refractivity contribution >= 4 is 5.91 Å². The van der Waals surface area contributed by atoms with Crippen LogP contribution in [0.1, 0.15) is 10.6 Å². The molecule has 1 heterocycles. The van der Waals surface area contributed by atoms with Crippen LogP contribution in [0, 0.1) is 0 Å². The van der Waals surface area contributed by atoms with E-state index in [4.69, 9.17) is 9.47 Å². The molecule has 1 aromatic carbocycles. The zero-order chi connectivity index (χ0) is 15.2. The summed E-state index contributed by atoms with van der Waals surface area (Å²) in [4.78, 5) is 26.1. The van der Waals surface area contributed by atoms with Gasteiger partial charge < -0.3 is 14.8 Å². The number of methoxy groups -OCH3 is 2. The normalized spacial score (nSPS) is 10.8. The number of rotatable bonds is 6. The Labute approximate surface area is 120 Å². The fourth-order valence-electron chi connectivity index (χ4n) is 1.69. The van der Waals surface area contributed by atoms with Crippen LogP contribution in [0.25, 0.3) is 5.69 Å². The first-order valence-electron chi connectivity index (χ1n) is 6.24. The molecule has 112 valence electrons. The number of para-hydroxylation sites is 1. The van der Waals surface area contributed by atoms with Crippen LogP contribution in [0.4, 0.5) is 0 Å². The molecule has 8 heteroatoms. The van der Waals surface area contributed by atoms with Crippen molar-refractivity contribution in [3.8, 4) is 5.69 Å². The van der Waals surface area contributed by atoms with Crippen molar-refractivity contribution in [3.05, 3.63) is 46.6 Å². The third-order valence-electron chi connectivity index (χ3n) is 2.79. The van der Waals surface area contributed by atoms with Gasteiger partial charge in [-0.25, -0.2) is 4.79 Å². The highest BCUT2D eigenvalue weighted by Gasteiger charge is 2.15. The lowest BCUT2D eigenvalue weighted by atomic mass is 10.3. The summed E-state index contributed by atoms with van der Waals surface area (Å²) in [6, 6.07) is 8.81. The number of hydrogen-bond acceptors (Lipinski definition) is 5. The Balaban J connectivity index is 2.12. The minimum Gasteiger partial charge on any atom is -0.354 e. The molecular weight excluding hydrogens is 276 g/mol. The number of benzene rings is 1. The van der Waals surface area contributed by atoms with Crippen molar-refractivity contribution in [1.82, 2.24) is 20.1 Å². The average Bonchev–Trinajstić information content (AvgIpc) is 2.91. The zero-order valence-corrected chi connectivity index (χ0v) is 11.7. The fraction of sp³-hybridized carbons (Fsp3) is 0.308. The predicted molar refractivity (Wildman–Crippen MR) is 74.3 cm³/mol. The van der Waals surface area contributed by atoms with Crippen LogP contribution in [-0.4, -0.2) is 47.7 Å². The van der Waals surface area contributed by atoms with Crippen LogP contribution >= 0.6 is 0 Å². The Morgan fingerprint density at radius 3 is 2.62 bits per heavy atom. The number of H-pyrrole nitrogens is 1. The topological polar surface area (TPSA) is 98.2 Å². The van der Waals surface area contributed by atoms with Gasteiger partial charge in [0, 0.05) is 14.2 Å². The Hall–Kier alpha value is -2.45. The summed E-state index contributed by atoms with van der Waals surface area (Å²) in [6.07, 6.45) is -0.558. The van der Waals surface area contributed by atoms with Gasteiger partial charge in [0.15, 0.2) is 6.29 Å². The van der Waals surface area contributed by atoms with Gasteiger partial charge in [0.2, 0.25) is 5.82 Å². The van der Waals surface area contributed by atoms with Crippen molar-refractivity contribution in [2.45, 2.75) is 6.29 Å². The summed E-state index contributed by atoms with van der Waals surface area (Å²) in [5.41, 5.74) is 0.0887. The molecule has 0 aliphatic rings. The van der Waals surface area contributed by atoms with Crippen LogP contribution in [0.3, 0.4) is 0 Å². The van der Waals surface area contributed by atoms with Gasteiger partial charge >= 0.3 is 5.69 Å². The number of nitrogens with zero attached hydrogens (tertiary/aromatic N) is 2. The van der Waals surface area contributed by atoms with Crippen LogP contribution in [0.15, 0.2) is 35.1 Å². The van der Waals surface area contributed by atoms with Gasteiger partial charge in [0.25, 0.3) is 5.91 Å². The Morgan fingerprint density at radius 2 is 2.00 bits per heavy atom.